The lowest BCUT2D eigenvalue weighted by Gasteiger charge is -2.46. The summed E-state index contributed by atoms with van der Waals surface area (Å²) in [4.78, 5) is 12.2. The molecule has 0 unspecified atom stereocenters. The second-order valence-corrected chi connectivity index (χ2v) is 6.74. The predicted molar refractivity (Wildman–Crippen MR) is 97.0 cm³/mol. The van der Waals surface area contributed by atoms with Crippen molar-refractivity contribution in [3.63, 3.8) is 0 Å². The van der Waals surface area contributed by atoms with Crippen LogP contribution in [0.5, 0.6) is 0 Å². The summed E-state index contributed by atoms with van der Waals surface area (Å²) in [5.74, 6) is 0.586. The molecule has 2 N–H and O–H groups in total. The Bertz CT molecular complexity index is 907. The van der Waals surface area contributed by atoms with Gasteiger partial charge in [-0.15, -0.1) is 10.2 Å². The van der Waals surface area contributed by atoms with E-state index in [-0.39, 0.29) is 17.4 Å². The molecule has 0 bridgehead atoms. The molecule has 7 heteroatoms. The van der Waals surface area contributed by atoms with Gasteiger partial charge in [0.05, 0.1) is 5.41 Å². The lowest BCUT2D eigenvalue weighted by molar-refractivity contribution is -0.118. The van der Waals surface area contributed by atoms with Gasteiger partial charge in [-0.2, -0.15) is 5.21 Å². The molecule has 0 spiro atoms. The van der Waals surface area contributed by atoms with Gasteiger partial charge in [0.2, 0.25) is 5.91 Å². The summed E-state index contributed by atoms with van der Waals surface area (Å²) in [6, 6.07) is 12.2. The van der Waals surface area contributed by atoms with E-state index in [0.29, 0.717) is 5.82 Å². The maximum absolute atomic E-state index is 12.2. The Morgan fingerprint density at radius 2 is 2.12 bits per heavy atom. The minimum atomic E-state index is -0.296. The summed E-state index contributed by atoms with van der Waals surface area (Å²) in [6.45, 7) is 0. The summed E-state index contributed by atoms with van der Waals surface area (Å²) in [5, 5.41) is 17.7. The first-order valence-electron chi connectivity index (χ1n) is 8.56. The Morgan fingerprint density at radius 1 is 1.31 bits per heavy atom. The maximum Gasteiger partial charge on any atom is 0.244 e. The molecule has 0 radical (unpaired) electrons. The molecule has 132 valence electrons. The third-order valence-corrected chi connectivity index (χ3v) is 4.92. The normalized spacial score (nSPS) is 22.3. The smallest absolute Gasteiger partial charge is 0.244 e. The molecule has 1 aliphatic carbocycles. The molecule has 7 nitrogen and oxygen atoms in total. The number of rotatable bonds is 5. The van der Waals surface area contributed by atoms with Crippen LogP contribution < -0.4 is 5.32 Å². The second kappa shape index (κ2) is 6.59. The first kappa shape index (κ1) is 16.3. The largest absolute Gasteiger partial charge is 0.357 e. The fourth-order valence-electron chi connectivity index (χ4n) is 3.60. The van der Waals surface area contributed by atoms with Gasteiger partial charge in [-0.1, -0.05) is 35.5 Å². The van der Waals surface area contributed by atoms with Crippen molar-refractivity contribution in [1.82, 2.24) is 30.5 Å². The minimum absolute atomic E-state index is 0.0848. The number of aryl methyl sites for hydroxylation is 1. The monoisotopic (exact) mass is 348 g/mol. The number of hydrogen-bond acceptors (Lipinski definition) is 4. The number of aromatic nitrogens is 5. The summed E-state index contributed by atoms with van der Waals surface area (Å²) in [6.07, 6.45) is 8.80. The predicted octanol–water partition coefficient (Wildman–Crippen LogP) is 1.82. The topological polar surface area (TPSA) is 88.5 Å². The van der Waals surface area contributed by atoms with Crippen LogP contribution >= 0.6 is 0 Å². The van der Waals surface area contributed by atoms with Crippen molar-refractivity contribution in [2.75, 3.05) is 0 Å². The van der Waals surface area contributed by atoms with E-state index in [1.165, 1.54) is 0 Å². The molecular formula is C19H20N6O. The average molecular weight is 348 g/mol. The number of carbonyl (C=O) groups is 1. The fraction of sp³-hybridized carbons (Fsp3) is 0.263. The highest BCUT2D eigenvalue weighted by Gasteiger charge is 2.50. The van der Waals surface area contributed by atoms with Crippen LogP contribution in [-0.2, 0) is 17.3 Å². The van der Waals surface area contributed by atoms with E-state index < -0.39 is 0 Å². The van der Waals surface area contributed by atoms with Gasteiger partial charge >= 0.3 is 0 Å². The number of hydrogen-bond donors (Lipinski definition) is 2. The quantitative estimate of drug-likeness (QED) is 0.689. The molecule has 1 fully saturated rings. The highest BCUT2D eigenvalue weighted by atomic mass is 16.1. The zero-order chi connectivity index (χ0) is 18.0. The number of amides is 1. The number of aromatic amines is 1. The van der Waals surface area contributed by atoms with E-state index in [1.807, 2.05) is 54.3 Å². The van der Waals surface area contributed by atoms with E-state index in [0.717, 1.165) is 24.0 Å². The maximum atomic E-state index is 12.2. The molecule has 1 aliphatic rings. The van der Waals surface area contributed by atoms with Gasteiger partial charge in [0.25, 0.3) is 0 Å². The van der Waals surface area contributed by atoms with E-state index in [4.69, 9.17) is 0 Å². The molecular weight excluding hydrogens is 328 g/mol. The fourth-order valence-corrected chi connectivity index (χ4v) is 3.60. The molecule has 1 aromatic carbocycles. The van der Waals surface area contributed by atoms with Crippen LogP contribution in [0.15, 0.2) is 54.9 Å². The van der Waals surface area contributed by atoms with Crippen molar-refractivity contribution in [1.29, 1.82) is 0 Å². The lowest BCUT2D eigenvalue weighted by Crippen LogP contribution is -2.54. The Hall–Kier alpha value is -3.22. The van der Waals surface area contributed by atoms with E-state index in [1.54, 1.807) is 6.08 Å². The zero-order valence-electron chi connectivity index (χ0n) is 14.5. The standard InChI is InChI=1S/C19H20N6O/c1-25-10-9-14(13-25)7-8-17(26)20-16-11-19(12-16,18-21-23-24-22-18)15-5-3-2-4-6-15/h2-10,13,16H,11-12H2,1H3,(H,20,26)(H,21,22,23,24)/b8-7+. The van der Waals surface area contributed by atoms with Gasteiger partial charge in [0.1, 0.15) is 0 Å². The van der Waals surface area contributed by atoms with Gasteiger partial charge in [-0.3, -0.25) is 4.79 Å². The highest BCUT2D eigenvalue weighted by Crippen LogP contribution is 2.47. The number of H-pyrrole nitrogens is 1. The Balaban J connectivity index is 1.43. The number of benzene rings is 1. The van der Waals surface area contributed by atoms with Crippen molar-refractivity contribution in [2.24, 2.45) is 7.05 Å². The van der Waals surface area contributed by atoms with Gasteiger partial charge in [0.15, 0.2) is 5.82 Å². The van der Waals surface area contributed by atoms with Crippen LogP contribution in [0.3, 0.4) is 0 Å². The van der Waals surface area contributed by atoms with Gasteiger partial charge < -0.3 is 9.88 Å². The summed E-state index contributed by atoms with van der Waals surface area (Å²) in [5.41, 5.74) is 1.85. The molecule has 26 heavy (non-hydrogen) atoms. The second-order valence-electron chi connectivity index (χ2n) is 6.74. The Kier molecular flexibility index (Phi) is 4.12. The number of nitrogens with zero attached hydrogens (tertiary/aromatic N) is 4. The van der Waals surface area contributed by atoms with Crippen molar-refractivity contribution >= 4 is 12.0 Å². The Labute approximate surface area is 151 Å². The molecule has 1 saturated carbocycles. The molecule has 0 atom stereocenters. The molecule has 1 amide bonds. The highest BCUT2D eigenvalue weighted by molar-refractivity contribution is 5.92. The molecule has 2 aromatic heterocycles. The number of nitrogens with one attached hydrogen (secondary N) is 2. The molecule has 4 rings (SSSR count). The first-order chi connectivity index (χ1) is 12.7. The van der Waals surface area contributed by atoms with Gasteiger partial charge in [-0.25, -0.2) is 0 Å². The SMILES string of the molecule is Cn1ccc(/C=C/C(=O)NC2CC(c3ccccc3)(c3nn[nH]n3)C2)c1. The molecule has 3 aromatic rings. The van der Waals surface area contributed by atoms with Crippen LogP contribution in [0.4, 0.5) is 0 Å². The molecule has 0 aliphatic heterocycles. The van der Waals surface area contributed by atoms with Gasteiger partial charge in [-0.05, 0) is 36.1 Å². The van der Waals surface area contributed by atoms with Crippen molar-refractivity contribution in [3.8, 4) is 0 Å². The minimum Gasteiger partial charge on any atom is -0.357 e. The molecule has 0 saturated heterocycles. The number of tetrazole rings is 1. The van der Waals surface area contributed by atoms with Crippen molar-refractivity contribution < 1.29 is 4.79 Å². The van der Waals surface area contributed by atoms with Crippen LogP contribution in [-0.4, -0.2) is 37.1 Å². The van der Waals surface area contributed by atoms with Crippen LogP contribution in [0, 0.1) is 0 Å². The van der Waals surface area contributed by atoms with E-state index in [2.05, 4.69) is 38.1 Å². The van der Waals surface area contributed by atoms with Crippen molar-refractivity contribution in [2.45, 2.75) is 24.3 Å². The Morgan fingerprint density at radius 3 is 2.77 bits per heavy atom. The van der Waals surface area contributed by atoms with Crippen LogP contribution in [0.25, 0.3) is 6.08 Å². The first-order valence-corrected chi connectivity index (χ1v) is 8.56. The third kappa shape index (κ3) is 3.03. The van der Waals surface area contributed by atoms with Crippen molar-refractivity contribution in [3.05, 3.63) is 71.8 Å². The third-order valence-electron chi connectivity index (χ3n) is 4.92. The van der Waals surface area contributed by atoms with Crippen LogP contribution in [0.2, 0.25) is 0 Å². The summed E-state index contributed by atoms with van der Waals surface area (Å²) < 4.78 is 1.95. The van der Waals surface area contributed by atoms with Gasteiger partial charge in [0, 0.05) is 31.6 Å². The summed E-state index contributed by atoms with van der Waals surface area (Å²) in [7, 11) is 1.95. The average Bonchev–Trinajstić information content (AvgIpc) is 3.28. The van der Waals surface area contributed by atoms with Crippen LogP contribution in [0.1, 0.15) is 29.8 Å². The zero-order valence-corrected chi connectivity index (χ0v) is 14.5. The summed E-state index contributed by atoms with van der Waals surface area (Å²) >= 11 is 0. The molecule has 2 heterocycles. The lowest BCUT2D eigenvalue weighted by atomic mass is 9.61. The number of carbonyl (C=O) groups excluding carboxylic acids is 1. The van der Waals surface area contributed by atoms with E-state index in [9.17, 15) is 4.79 Å². The van der Waals surface area contributed by atoms with E-state index >= 15 is 0 Å².